The number of hydrogen-bond acceptors (Lipinski definition) is 1. The molecule has 1 aromatic rings. The number of benzene rings is 1. The van der Waals surface area contributed by atoms with E-state index in [1.807, 2.05) is 0 Å². The normalized spacial score (nSPS) is 24.7. The van der Waals surface area contributed by atoms with Gasteiger partial charge in [0.25, 0.3) is 0 Å². The standard InChI is InChI=1S/C33H54F2O/c1-3-5-7-8-9-11-25-36-31-24-23-30(32(34)33(31)35)29-21-19-28(20-22-29)18-17-27-15-13-26(14-16-27)12-10-6-4-2/h23-24,26-29H,3-22,25H2,1-2H3/t26-,27-,28-,29-. The van der Waals surface area contributed by atoms with E-state index in [4.69, 9.17) is 4.74 Å². The van der Waals surface area contributed by atoms with Crippen molar-refractivity contribution >= 4 is 0 Å². The third-order valence-corrected chi connectivity index (χ3v) is 9.28. The smallest absolute Gasteiger partial charge is 0.200 e. The van der Waals surface area contributed by atoms with Crippen molar-refractivity contribution in [1.82, 2.24) is 0 Å². The summed E-state index contributed by atoms with van der Waals surface area (Å²) in [6.45, 7) is 4.97. The Labute approximate surface area is 221 Å². The Bertz CT molecular complexity index is 717. The largest absolute Gasteiger partial charge is 0.490 e. The predicted octanol–water partition coefficient (Wildman–Crippen LogP) is 11.1. The van der Waals surface area contributed by atoms with Crippen molar-refractivity contribution in [3.05, 3.63) is 29.3 Å². The Morgan fingerprint density at radius 2 is 1.14 bits per heavy atom. The summed E-state index contributed by atoms with van der Waals surface area (Å²) in [6.07, 6.45) is 25.3. The molecule has 0 aliphatic heterocycles. The van der Waals surface area contributed by atoms with E-state index in [1.165, 1.54) is 89.9 Å². The van der Waals surface area contributed by atoms with Gasteiger partial charge >= 0.3 is 0 Å². The van der Waals surface area contributed by atoms with E-state index >= 15 is 0 Å². The van der Waals surface area contributed by atoms with Crippen LogP contribution in [-0.4, -0.2) is 6.61 Å². The molecule has 2 fully saturated rings. The monoisotopic (exact) mass is 504 g/mol. The first kappa shape index (κ1) is 29.4. The minimum Gasteiger partial charge on any atom is -0.490 e. The lowest BCUT2D eigenvalue weighted by Crippen LogP contribution is -2.18. The fourth-order valence-corrected chi connectivity index (χ4v) is 6.76. The van der Waals surface area contributed by atoms with Crippen molar-refractivity contribution in [2.45, 2.75) is 148 Å². The van der Waals surface area contributed by atoms with Gasteiger partial charge in [-0.15, -0.1) is 0 Å². The highest BCUT2D eigenvalue weighted by molar-refractivity contribution is 5.33. The number of unbranched alkanes of at least 4 members (excludes halogenated alkanes) is 7. The lowest BCUT2D eigenvalue weighted by atomic mass is 9.74. The van der Waals surface area contributed by atoms with Crippen molar-refractivity contribution in [3.63, 3.8) is 0 Å². The molecule has 0 aromatic heterocycles. The van der Waals surface area contributed by atoms with Crippen molar-refractivity contribution in [3.8, 4) is 5.75 Å². The summed E-state index contributed by atoms with van der Waals surface area (Å²) in [5.74, 6) is 1.48. The summed E-state index contributed by atoms with van der Waals surface area (Å²) in [5.41, 5.74) is 0.569. The van der Waals surface area contributed by atoms with E-state index in [0.29, 0.717) is 12.2 Å². The third kappa shape index (κ3) is 9.64. The molecule has 206 valence electrons. The van der Waals surface area contributed by atoms with Gasteiger partial charge in [-0.25, -0.2) is 4.39 Å². The van der Waals surface area contributed by atoms with Gasteiger partial charge in [0.1, 0.15) is 0 Å². The number of ether oxygens (including phenoxy) is 1. The Morgan fingerprint density at radius 1 is 0.611 bits per heavy atom. The van der Waals surface area contributed by atoms with Crippen LogP contribution in [0.3, 0.4) is 0 Å². The highest BCUT2D eigenvalue weighted by Gasteiger charge is 2.28. The lowest BCUT2D eigenvalue weighted by molar-refractivity contribution is 0.221. The van der Waals surface area contributed by atoms with Crippen LogP contribution in [0.15, 0.2) is 12.1 Å². The summed E-state index contributed by atoms with van der Waals surface area (Å²) in [5, 5.41) is 0. The van der Waals surface area contributed by atoms with Crippen molar-refractivity contribution in [1.29, 1.82) is 0 Å². The zero-order valence-corrected chi connectivity index (χ0v) is 23.5. The van der Waals surface area contributed by atoms with Gasteiger partial charge in [-0.3, -0.25) is 0 Å². The SMILES string of the molecule is CCCCCCCCOc1ccc([C@H]2CC[C@H](CC[C@H]3CC[C@H](CCCCC)CC3)CC2)c(F)c1F. The van der Waals surface area contributed by atoms with E-state index in [-0.39, 0.29) is 11.7 Å². The van der Waals surface area contributed by atoms with E-state index in [2.05, 4.69) is 13.8 Å². The van der Waals surface area contributed by atoms with Crippen LogP contribution in [0.5, 0.6) is 5.75 Å². The summed E-state index contributed by atoms with van der Waals surface area (Å²) in [4.78, 5) is 0. The average Bonchev–Trinajstić information content (AvgIpc) is 2.90. The molecule has 0 N–H and O–H groups in total. The van der Waals surface area contributed by atoms with E-state index in [1.54, 1.807) is 12.1 Å². The molecule has 0 amide bonds. The second-order valence-electron chi connectivity index (χ2n) is 12.1. The van der Waals surface area contributed by atoms with Crippen LogP contribution in [0.2, 0.25) is 0 Å². The van der Waals surface area contributed by atoms with Crippen LogP contribution >= 0.6 is 0 Å². The molecule has 3 heteroatoms. The molecule has 3 rings (SSSR count). The van der Waals surface area contributed by atoms with Crippen LogP contribution in [0.4, 0.5) is 8.78 Å². The summed E-state index contributed by atoms with van der Waals surface area (Å²) in [7, 11) is 0. The topological polar surface area (TPSA) is 9.23 Å². The Morgan fingerprint density at radius 3 is 1.78 bits per heavy atom. The van der Waals surface area contributed by atoms with Crippen LogP contribution < -0.4 is 4.74 Å². The quantitative estimate of drug-likeness (QED) is 0.203. The fourth-order valence-electron chi connectivity index (χ4n) is 6.76. The van der Waals surface area contributed by atoms with Crippen molar-refractivity contribution in [2.75, 3.05) is 6.61 Å². The Hall–Kier alpha value is -1.12. The molecule has 0 bridgehead atoms. The summed E-state index contributed by atoms with van der Waals surface area (Å²) in [6, 6.07) is 3.45. The first-order chi connectivity index (χ1) is 17.6. The number of hydrogen-bond donors (Lipinski definition) is 0. The summed E-state index contributed by atoms with van der Waals surface area (Å²) >= 11 is 0. The molecule has 2 aliphatic rings. The second-order valence-corrected chi connectivity index (χ2v) is 12.1. The number of rotatable bonds is 16. The van der Waals surface area contributed by atoms with E-state index in [9.17, 15) is 8.78 Å². The average molecular weight is 505 g/mol. The molecule has 0 radical (unpaired) electrons. The fraction of sp³-hybridized carbons (Fsp3) is 0.818. The van der Waals surface area contributed by atoms with Crippen LogP contribution in [0, 0.1) is 29.4 Å². The first-order valence-electron chi connectivity index (χ1n) is 15.7. The lowest BCUT2D eigenvalue weighted by Gasteiger charge is -2.32. The second kappa shape index (κ2) is 16.7. The maximum absolute atomic E-state index is 14.9. The zero-order chi connectivity index (χ0) is 25.6. The molecule has 2 saturated carbocycles. The van der Waals surface area contributed by atoms with Gasteiger partial charge in [-0.1, -0.05) is 116 Å². The van der Waals surface area contributed by atoms with Gasteiger partial charge in [0.15, 0.2) is 11.6 Å². The molecule has 0 spiro atoms. The third-order valence-electron chi connectivity index (χ3n) is 9.28. The van der Waals surface area contributed by atoms with Crippen LogP contribution in [0.1, 0.15) is 154 Å². The molecule has 36 heavy (non-hydrogen) atoms. The minimum absolute atomic E-state index is 0.0820. The maximum atomic E-state index is 14.9. The highest BCUT2D eigenvalue weighted by atomic mass is 19.2. The van der Waals surface area contributed by atoms with Gasteiger partial charge in [0.05, 0.1) is 6.61 Å². The van der Waals surface area contributed by atoms with Gasteiger partial charge in [0.2, 0.25) is 5.82 Å². The molecule has 0 unspecified atom stereocenters. The molecular weight excluding hydrogens is 450 g/mol. The first-order valence-corrected chi connectivity index (χ1v) is 15.7. The molecule has 1 nitrogen and oxygen atoms in total. The van der Waals surface area contributed by atoms with Gasteiger partial charge in [-0.05, 0) is 67.4 Å². The molecular formula is C33H54F2O. The highest BCUT2D eigenvalue weighted by Crippen LogP contribution is 2.41. The molecule has 0 atom stereocenters. The van der Waals surface area contributed by atoms with Gasteiger partial charge in [0, 0.05) is 0 Å². The van der Waals surface area contributed by atoms with E-state index in [0.717, 1.165) is 56.3 Å². The van der Waals surface area contributed by atoms with Crippen LogP contribution in [0.25, 0.3) is 0 Å². The predicted molar refractivity (Wildman–Crippen MR) is 149 cm³/mol. The molecule has 1 aromatic carbocycles. The van der Waals surface area contributed by atoms with Gasteiger partial charge < -0.3 is 4.74 Å². The molecule has 2 aliphatic carbocycles. The van der Waals surface area contributed by atoms with E-state index < -0.39 is 11.6 Å². The minimum atomic E-state index is -0.786. The Balaban J connectivity index is 1.34. The summed E-state index contributed by atoms with van der Waals surface area (Å²) < 4.78 is 35.2. The van der Waals surface area contributed by atoms with Crippen molar-refractivity contribution in [2.24, 2.45) is 17.8 Å². The van der Waals surface area contributed by atoms with Crippen LogP contribution in [-0.2, 0) is 0 Å². The van der Waals surface area contributed by atoms with Gasteiger partial charge in [-0.2, -0.15) is 4.39 Å². The zero-order valence-electron chi connectivity index (χ0n) is 23.5. The Kier molecular flexibility index (Phi) is 13.6. The molecule has 0 heterocycles. The maximum Gasteiger partial charge on any atom is 0.200 e. The number of halogens is 2. The van der Waals surface area contributed by atoms with Crippen molar-refractivity contribution < 1.29 is 13.5 Å². The molecule has 0 saturated heterocycles.